The first-order valence-electron chi connectivity index (χ1n) is 13.9. The number of benzene rings is 3. The van der Waals surface area contributed by atoms with Crippen molar-refractivity contribution in [3.63, 3.8) is 0 Å². The predicted molar refractivity (Wildman–Crippen MR) is 170 cm³/mol. The summed E-state index contributed by atoms with van der Waals surface area (Å²) in [6.07, 6.45) is 6.89. The van der Waals surface area contributed by atoms with E-state index in [1.54, 1.807) is 0 Å². The molecule has 6 rings (SSSR count). The number of nitrogens with zero attached hydrogens (tertiary/aromatic N) is 1. The molecule has 6 aromatic rings. The molecule has 0 saturated heterocycles. The minimum absolute atomic E-state index is 0. The third-order valence-corrected chi connectivity index (χ3v) is 10.00. The Hall–Kier alpha value is -2.63. The molecule has 0 spiro atoms. The summed E-state index contributed by atoms with van der Waals surface area (Å²) in [6.45, 7) is 8.07. The Bertz CT molecular complexity index is 1810. The van der Waals surface area contributed by atoms with Gasteiger partial charge in [-0.25, -0.2) is 0 Å². The van der Waals surface area contributed by atoms with Crippen LogP contribution >= 0.6 is 22.7 Å². The van der Waals surface area contributed by atoms with E-state index in [1.165, 1.54) is 46.4 Å². The van der Waals surface area contributed by atoms with E-state index in [0.29, 0.717) is 0 Å². The Morgan fingerprint density at radius 2 is 1.52 bits per heavy atom. The summed E-state index contributed by atoms with van der Waals surface area (Å²) in [4.78, 5) is 16.6. The van der Waals surface area contributed by atoms with Crippen molar-refractivity contribution in [2.45, 2.75) is 53.4 Å². The van der Waals surface area contributed by atoms with Gasteiger partial charge in [-0.1, -0.05) is 63.4 Å². The summed E-state index contributed by atoms with van der Waals surface area (Å²) in [5, 5.41) is 16.0. The van der Waals surface area contributed by atoms with E-state index in [-0.39, 0.29) is 43.5 Å². The average Bonchev–Trinajstić information content (AvgIpc) is 3.27. The number of aromatic nitrogens is 1. The molecule has 209 valence electrons. The van der Waals surface area contributed by atoms with E-state index >= 15 is 0 Å². The minimum atomic E-state index is 0. The smallest absolute Gasteiger partial charge is 0.162 e. The summed E-state index contributed by atoms with van der Waals surface area (Å²) in [7, 11) is 0. The maximum absolute atomic E-state index is 11.7. The maximum Gasteiger partial charge on any atom is 0.162 e. The summed E-state index contributed by atoms with van der Waals surface area (Å²) in [5.41, 5.74) is 1.06. The molecule has 40 heavy (non-hydrogen) atoms. The van der Waals surface area contributed by atoms with Crippen LogP contribution in [0.25, 0.3) is 51.2 Å². The van der Waals surface area contributed by atoms with Crippen molar-refractivity contribution in [3.8, 4) is 0 Å². The number of carbonyl (C=O) groups excluding carboxylic acids is 1. The second-order valence-electron chi connectivity index (χ2n) is 9.95. The van der Waals surface area contributed by atoms with Gasteiger partial charge in [-0.3, -0.25) is 4.79 Å². The van der Waals surface area contributed by atoms with Crippen molar-refractivity contribution in [1.82, 2.24) is 4.98 Å². The van der Waals surface area contributed by atoms with Crippen molar-refractivity contribution in [1.29, 1.82) is 0 Å². The van der Waals surface area contributed by atoms with Crippen LogP contribution in [0.4, 0.5) is 0 Å². The molecule has 0 aliphatic carbocycles. The third-order valence-electron chi connectivity index (χ3n) is 7.70. The molecule has 0 saturated carbocycles. The van der Waals surface area contributed by atoms with Crippen LogP contribution in [0, 0.1) is 17.9 Å². The number of rotatable bonds is 7. The fourth-order valence-electron chi connectivity index (χ4n) is 5.35. The molecule has 0 amide bonds. The fourth-order valence-corrected chi connectivity index (χ4v) is 7.79. The van der Waals surface area contributed by atoms with Crippen LogP contribution in [-0.2, 0) is 24.9 Å². The monoisotopic (exact) mass is 745 g/mol. The van der Waals surface area contributed by atoms with Gasteiger partial charge in [0.25, 0.3) is 0 Å². The van der Waals surface area contributed by atoms with Crippen molar-refractivity contribution in [2.75, 3.05) is 0 Å². The average molecular weight is 745 g/mol. The van der Waals surface area contributed by atoms with E-state index in [1.807, 2.05) is 62.6 Å². The van der Waals surface area contributed by atoms with Crippen molar-refractivity contribution in [2.24, 2.45) is 11.8 Å². The Balaban J connectivity index is 0.000000204. The molecule has 0 bridgehead atoms. The number of thiophene rings is 1. The Kier molecular flexibility index (Phi) is 10.1. The SMILES string of the molecule is CCC(CC)C(=O)/C=C(\O)C(CC)CC.[Ir].[c-]1ccc2sc3cccc4sc5c6ccccc6cnc5c1c2c34. The van der Waals surface area contributed by atoms with Crippen molar-refractivity contribution < 1.29 is 30.0 Å². The molecule has 1 radical (unpaired) electrons. The van der Waals surface area contributed by atoms with E-state index in [9.17, 15) is 9.90 Å². The van der Waals surface area contributed by atoms with Crippen molar-refractivity contribution in [3.05, 3.63) is 78.7 Å². The van der Waals surface area contributed by atoms with E-state index in [2.05, 4.69) is 54.6 Å². The molecule has 3 heterocycles. The van der Waals surface area contributed by atoms with Crippen LogP contribution in [0.2, 0.25) is 0 Å². The normalized spacial score (nSPS) is 12.0. The zero-order chi connectivity index (χ0) is 27.5. The number of aliphatic hydroxyl groups excluding tert-OH is 1. The van der Waals surface area contributed by atoms with Crippen LogP contribution < -0.4 is 0 Å². The third kappa shape index (κ3) is 5.73. The molecule has 0 atom stereocenters. The molecule has 3 aromatic carbocycles. The molecular formula is C34H34IrNO2S2-. The van der Waals surface area contributed by atoms with Crippen LogP contribution in [-0.4, -0.2) is 15.9 Å². The number of hydrogen-bond donors (Lipinski definition) is 1. The number of pyridine rings is 1. The number of carbonyl (C=O) groups is 1. The molecule has 0 aliphatic heterocycles. The van der Waals surface area contributed by atoms with Gasteiger partial charge in [-0.05, 0) is 58.7 Å². The van der Waals surface area contributed by atoms with E-state index in [0.717, 1.165) is 36.6 Å². The first kappa shape index (κ1) is 30.3. The molecule has 0 unspecified atom stereocenters. The van der Waals surface area contributed by atoms with Gasteiger partial charge in [0.05, 0.1) is 5.76 Å². The molecular weight excluding hydrogens is 711 g/mol. The molecule has 3 nitrogen and oxygen atoms in total. The Morgan fingerprint density at radius 3 is 2.23 bits per heavy atom. The van der Waals surface area contributed by atoms with Gasteiger partial charge in [-0.2, -0.15) is 11.3 Å². The zero-order valence-electron chi connectivity index (χ0n) is 23.3. The van der Waals surface area contributed by atoms with Crippen LogP contribution in [0.3, 0.4) is 0 Å². The second-order valence-corrected chi connectivity index (χ2v) is 12.1. The standard InChI is InChI=1S/C21H10NS2.C13H24O2.Ir/c1-2-6-13-12(5-1)11-22-20-14-7-3-8-15-18(14)19-16(23-15)9-4-10-17(19)24-21(13)20;1-5-10(6-2)12(14)9-13(15)11(7-3)8-4;/h1-6,8-11H;9-11,14H,5-8H2,1-4H3;/q-1;;/b;12-9-;. The number of allylic oxidation sites excluding steroid dienone is 2. The molecule has 1 N–H and O–H groups in total. The number of fused-ring (bicyclic) bond motifs is 4. The second kappa shape index (κ2) is 13.4. The van der Waals surface area contributed by atoms with Gasteiger partial charge in [0.15, 0.2) is 5.78 Å². The van der Waals surface area contributed by atoms with Gasteiger partial charge in [0.1, 0.15) is 0 Å². The van der Waals surface area contributed by atoms with Gasteiger partial charge < -0.3 is 10.1 Å². The Labute approximate surface area is 257 Å². The fraction of sp³-hybridized carbons (Fsp3) is 0.294. The van der Waals surface area contributed by atoms with E-state index in [4.69, 9.17) is 4.98 Å². The van der Waals surface area contributed by atoms with Gasteiger partial charge >= 0.3 is 0 Å². The van der Waals surface area contributed by atoms with Crippen molar-refractivity contribution >= 4 is 79.7 Å². The number of aliphatic hydroxyl groups is 1. The molecule has 6 heteroatoms. The maximum atomic E-state index is 11.7. The molecule has 0 aliphatic rings. The Morgan fingerprint density at radius 1 is 0.875 bits per heavy atom. The van der Waals surface area contributed by atoms with Crippen LogP contribution in [0.1, 0.15) is 53.4 Å². The predicted octanol–water partition coefficient (Wildman–Crippen LogP) is 10.6. The number of ketones is 1. The summed E-state index contributed by atoms with van der Waals surface area (Å²) in [5.74, 6) is 0.547. The topological polar surface area (TPSA) is 50.2 Å². The summed E-state index contributed by atoms with van der Waals surface area (Å²) in [6, 6.07) is 22.8. The van der Waals surface area contributed by atoms with Gasteiger partial charge in [0, 0.05) is 63.8 Å². The first-order valence-corrected chi connectivity index (χ1v) is 15.5. The first-order chi connectivity index (χ1) is 19.0. The molecule has 3 aromatic heterocycles. The number of hydrogen-bond acceptors (Lipinski definition) is 5. The largest absolute Gasteiger partial charge is 0.512 e. The molecule has 0 fully saturated rings. The zero-order valence-corrected chi connectivity index (χ0v) is 27.3. The quantitative estimate of drug-likeness (QED) is 0.101. The van der Waals surface area contributed by atoms with E-state index < -0.39 is 0 Å². The van der Waals surface area contributed by atoms with Gasteiger partial charge in [-0.15, -0.1) is 34.9 Å². The summed E-state index contributed by atoms with van der Waals surface area (Å²) < 4.78 is 5.21. The van der Waals surface area contributed by atoms with Crippen LogP contribution in [0.15, 0.2) is 72.6 Å². The minimum Gasteiger partial charge on any atom is -0.512 e. The summed E-state index contributed by atoms with van der Waals surface area (Å²) >= 11 is 3.70. The van der Waals surface area contributed by atoms with Crippen LogP contribution in [0.5, 0.6) is 0 Å². The van der Waals surface area contributed by atoms with Gasteiger partial charge in [0.2, 0.25) is 0 Å².